The van der Waals surface area contributed by atoms with Crippen molar-refractivity contribution in [2.75, 3.05) is 5.32 Å². The number of benzene rings is 3. The molecule has 0 aliphatic carbocycles. The van der Waals surface area contributed by atoms with Crippen molar-refractivity contribution in [1.82, 2.24) is 5.43 Å². The summed E-state index contributed by atoms with van der Waals surface area (Å²) in [5, 5.41) is 6.60. The quantitative estimate of drug-likeness (QED) is 0.500. The molecule has 5 nitrogen and oxygen atoms in total. The molecule has 0 bridgehead atoms. The second kappa shape index (κ2) is 8.93. The average molecular weight is 389 g/mol. The maximum absolute atomic E-state index is 13.8. The van der Waals surface area contributed by atoms with Gasteiger partial charge >= 0.3 is 0 Å². The van der Waals surface area contributed by atoms with E-state index >= 15 is 0 Å². The number of amides is 2. The van der Waals surface area contributed by atoms with Gasteiger partial charge in [0.25, 0.3) is 11.8 Å². The van der Waals surface area contributed by atoms with Gasteiger partial charge in [-0.3, -0.25) is 9.59 Å². The number of aryl methyl sites for hydroxylation is 2. The Morgan fingerprint density at radius 2 is 1.59 bits per heavy atom. The van der Waals surface area contributed by atoms with Gasteiger partial charge in [0.2, 0.25) is 0 Å². The summed E-state index contributed by atoms with van der Waals surface area (Å²) in [6.45, 7) is 3.93. The second-order valence-corrected chi connectivity index (χ2v) is 6.54. The highest BCUT2D eigenvalue weighted by Crippen LogP contribution is 2.17. The Morgan fingerprint density at radius 3 is 2.34 bits per heavy atom. The van der Waals surface area contributed by atoms with E-state index in [1.54, 1.807) is 36.5 Å². The summed E-state index contributed by atoms with van der Waals surface area (Å²) in [7, 11) is 0. The predicted molar refractivity (Wildman–Crippen MR) is 112 cm³/mol. The van der Waals surface area contributed by atoms with Crippen LogP contribution in [-0.4, -0.2) is 18.0 Å². The number of nitrogens with zero attached hydrogens (tertiary/aromatic N) is 1. The molecule has 146 valence electrons. The molecule has 0 radical (unpaired) electrons. The van der Waals surface area contributed by atoms with E-state index in [1.165, 1.54) is 18.2 Å². The van der Waals surface area contributed by atoms with Crippen LogP contribution in [0.15, 0.2) is 71.8 Å². The van der Waals surface area contributed by atoms with Crippen LogP contribution in [0, 0.1) is 19.7 Å². The molecule has 0 unspecified atom stereocenters. The molecule has 0 aliphatic heterocycles. The summed E-state index contributed by atoms with van der Waals surface area (Å²) in [5.74, 6) is -1.76. The SMILES string of the molecule is Cc1ccc(C)c(/C=N/NC(=O)c2ccccc2NC(=O)c2ccccc2F)c1. The van der Waals surface area contributed by atoms with Crippen LogP contribution in [0.4, 0.5) is 10.1 Å². The first-order chi connectivity index (χ1) is 14.0. The van der Waals surface area contributed by atoms with Gasteiger partial charge in [0, 0.05) is 0 Å². The summed E-state index contributed by atoms with van der Waals surface area (Å²) in [6, 6.07) is 18.1. The van der Waals surface area contributed by atoms with Crippen molar-refractivity contribution in [2.24, 2.45) is 5.10 Å². The molecule has 3 aromatic carbocycles. The molecule has 29 heavy (non-hydrogen) atoms. The number of carbonyl (C=O) groups excluding carboxylic acids is 2. The Hall–Kier alpha value is -3.80. The third kappa shape index (κ3) is 4.93. The van der Waals surface area contributed by atoms with Crippen LogP contribution in [0.5, 0.6) is 0 Å². The van der Waals surface area contributed by atoms with Crippen molar-refractivity contribution in [3.8, 4) is 0 Å². The summed E-state index contributed by atoms with van der Waals surface area (Å²) < 4.78 is 13.8. The first-order valence-electron chi connectivity index (χ1n) is 9.01. The fourth-order valence-corrected chi connectivity index (χ4v) is 2.74. The van der Waals surface area contributed by atoms with E-state index in [4.69, 9.17) is 0 Å². The third-order valence-electron chi connectivity index (χ3n) is 4.34. The van der Waals surface area contributed by atoms with Crippen molar-refractivity contribution in [1.29, 1.82) is 0 Å². The zero-order valence-electron chi connectivity index (χ0n) is 16.1. The first kappa shape index (κ1) is 19.9. The molecular weight excluding hydrogens is 369 g/mol. The zero-order valence-corrected chi connectivity index (χ0v) is 16.1. The highest BCUT2D eigenvalue weighted by molar-refractivity contribution is 6.09. The van der Waals surface area contributed by atoms with E-state index in [-0.39, 0.29) is 16.8 Å². The molecule has 0 heterocycles. The molecule has 3 aromatic rings. The number of halogens is 1. The number of hydrazone groups is 1. The normalized spacial score (nSPS) is 10.7. The maximum atomic E-state index is 13.8. The van der Waals surface area contributed by atoms with E-state index in [9.17, 15) is 14.0 Å². The van der Waals surface area contributed by atoms with Crippen LogP contribution in [0.25, 0.3) is 0 Å². The molecule has 0 atom stereocenters. The molecule has 2 amide bonds. The number of para-hydroxylation sites is 1. The van der Waals surface area contributed by atoms with Gasteiger partial charge in [0.05, 0.1) is 23.0 Å². The molecular formula is C23H20FN3O2. The molecule has 0 aliphatic rings. The number of hydrogen-bond donors (Lipinski definition) is 2. The fraction of sp³-hybridized carbons (Fsp3) is 0.0870. The third-order valence-corrected chi connectivity index (χ3v) is 4.34. The molecule has 0 saturated heterocycles. The van der Waals surface area contributed by atoms with Gasteiger partial charge in [-0.05, 0) is 49.2 Å². The largest absolute Gasteiger partial charge is 0.321 e. The Kier molecular flexibility index (Phi) is 6.14. The summed E-state index contributed by atoms with van der Waals surface area (Å²) in [4.78, 5) is 24.9. The fourth-order valence-electron chi connectivity index (χ4n) is 2.74. The molecule has 3 rings (SSSR count). The molecule has 0 spiro atoms. The van der Waals surface area contributed by atoms with Crippen molar-refractivity contribution in [3.05, 3.63) is 100 Å². The van der Waals surface area contributed by atoms with E-state index in [0.717, 1.165) is 16.7 Å². The standard InChI is InChI=1S/C23H20FN3O2/c1-15-11-12-16(2)17(13-15)14-25-27-23(29)19-8-4-6-10-21(19)26-22(28)18-7-3-5-9-20(18)24/h3-14H,1-2H3,(H,26,28)(H,27,29)/b25-14+. The second-order valence-electron chi connectivity index (χ2n) is 6.54. The van der Waals surface area contributed by atoms with Gasteiger partial charge in [-0.1, -0.05) is 48.0 Å². The van der Waals surface area contributed by atoms with Crippen LogP contribution >= 0.6 is 0 Å². The minimum Gasteiger partial charge on any atom is -0.321 e. The van der Waals surface area contributed by atoms with Gasteiger partial charge in [-0.25, -0.2) is 9.82 Å². The summed E-state index contributed by atoms with van der Waals surface area (Å²) in [6.07, 6.45) is 1.57. The molecule has 6 heteroatoms. The average Bonchev–Trinajstić information content (AvgIpc) is 2.71. The van der Waals surface area contributed by atoms with Crippen LogP contribution in [-0.2, 0) is 0 Å². The zero-order chi connectivity index (χ0) is 20.8. The Bertz CT molecular complexity index is 1090. The topological polar surface area (TPSA) is 70.6 Å². The van der Waals surface area contributed by atoms with Crippen molar-refractivity contribution >= 4 is 23.7 Å². The van der Waals surface area contributed by atoms with Crippen molar-refractivity contribution < 1.29 is 14.0 Å². The van der Waals surface area contributed by atoms with Crippen LogP contribution in [0.3, 0.4) is 0 Å². The van der Waals surface area contributed by atoms with E-state index in [2.05, 4.69) is 15.8 Å². The summed E-state index contributed by atoms with van der Waals surface area (Å²) in [5.41, 5.74) is 5.86. The minimum absolute atomic E-state index is 0.101. The minimum atomic E-state index is -0.637. The smallest absolute Gasteiger partial charge is 0.273 e. The van der Waals surface area contributed by atoms with Crippen LogP contribution in [0.1, 0.15) is 37.4 Å². The predicted octanol–water partition coefficient (Wildman–Crippen LogP) is 4.46. The Morgan fingerprint density at radius 1 is 0.897 bits per heavy atom. The van der Waals surface area contributed by atoms with Crippen molar-refractivity contribution in [2.45, 2.75) is 13.8 Å². The Labute approximate surface area is 168 Å². The monoisotopic (exact) mass is 389 g/mol. The van der Waals surface area contributed by atoms with Gasteiger partial charge < -0.3 is 5.32 Å². The van der Waals surface area contributed by atoms with E-state index in [0.29, 0.717) is 0 Å². The number of nitrogens with one attached hydrogen (secondary N) is 2. The van der Waals surface area contributed by atoms with Gasteiger partial charge in [-0.2, -0.15) is 5.10 Å². The lowest BCUT2D eigenvalue weighted by molar-refractivity contribution is 0.0956. The maximum Gasteiger partial charge on any atom is 0.273 e. The molecule has 0 saturated carbocycles. The Balaban J connectivity index is 1.75. The number of hydrogen-bond acceptors (Lipinski definition) is 3. The highest BCUT2D eigenvalue weighted by atomic mass is 19.1. The molecule has 0 aromatic heterocycles. The van der Waals surface area contributed by atoms with E-state index < -0.39 is 17.6 Å². The lowest BCUT2D eigenvalue weighted by Gasteiger charge is -2.10. The molecule has 2 N–H and O–H groups in total. The van der Waals surface area contributed by atoms with Crippen LogP contribution in [0.2, 0.25) is 0 Å². The van der Waals surface area contributed by atoms with Gasteiger partial charge in [0.1, 0.15) is 5.82 Å². The molecule has 0 fully saturated rings. The number of anilines is 1. The lowest BCUT2D eigenvalue weighted by atomic mass is 10.1. The lowest BCUT2D eigenvalue weighted by Crippen LogP contribution is -2.21. The first-order valence-corrected chi connectivity index (χ1v) is 9.01. The number of carbonyl (C=O) groups is 2. The highest BCUT2D eigenvalue weighted by Gasteiger charge is 2.15. The van der Waals surface area contributed by atoms with Gasteiger partial charge in [-0.15, -0.1) is 0 Å². The summed E-state index contributed by atoms with van der Waals surface area (Å²) >= 11 is 0. The van der Waals surface area contributed by atoms with Crippen molar-refractivity contribution in [3.63, 3.8) is 0 Å². The number of rotatable bonds is 5. The van der Waals surface area contributed by atoms with Gasteiger partial charge in [0.15, 0.2) is 0 Å². The van der Waals surface area contributed by atoms with Crippen LogP contribution < -0.4 is 10.7 Å². The van der Waals surface area contributed by atoms with E-state index in [1.807, 2.05) is 32.0 Å².